The summed E-state index contributed by atoms with van der Waals surface area (Å²) in [6, 6.07) is 6.39. The molecule has 6 nitrogen and oxygen atoms in total. The van der Waals surface area contributed by atoms with Crippen LogP contribution in [0.2, 0.25) is 0 Å². The van der Waals surface area contributed by atoms with Gasteiger partial charge >= 0.3 is 6.61 Å². The number of benzene rings is 1. The number of alkyl halides is 2. The maximum absolute atomic E-state index is 12.5. The molecule has 1 heterocycles. The number of thioether (sulfide) groups is 1. The first kappa shape index (κ1) is 22.3. The molecular formula is C25H30F2N4O2S. The van der Waals surface area contributed by atoms with E-state index in [1.54, 1.807) is 12.1 Å². The molecule has 5 aliphatic rings. The SMILES string of the molecule is O=C(CSc1nnc(CC23CC4CC(CC(C4)C2)C3)n1C1CC1)Nc1ccc(OC(F)F)cc1. The molecule has 5 saturated carbocycles. The topological polar surface area (TPSA) is 69.0 Å². The summed E-state index contributed by atoms with van der Waals surface area (Å²) in [4.78, 5) is 12.5. The predicted molar refractivity (Wildman–Crippen MR) is 125 cm³/mol. The van der Waals surface area contributed by atoms with Crippen LogP contribution >= 0.6 is 11.8 Å². The number of hydrogen-bond acceptors (Lipinski definition) is 5. The first-order valence-corrected chi connectivity index (χ1v) is 13.3. The number of carbonyl (C=O) groups is 1. The van der Waals surface area contributed by atoms with E-state index in [0.29, 0.717) is 17.1 Å². The third kappa shape index (κ3) is 4.68. The second-order valence-corrected chi connectivity index (χ2v) is 11.8. The fourth-order valence-corrected chi connectivity index (χ4v) is 7.94. The molecule has 4 bridgehead atoms. The molecule has 7 rings (SSSR count). The van der Waals surface area contributed by atoms with E-state index in [1.165, 1.54) is 62.4 Å². The average molecular weight is 489 g/mol. The van der Waals surface area contributed by atoms with E-state index >= 15 is 0 Å². The lowest BCUT2D eigenvalue weighted by atomic mass is 9.49. The Morgan fingerprint density at radius 1 is 1.09 bits per heavy atom. The Labute approximate surface area is 202 Å². The van der Waals surface area contributed by atoms with Crippen LogP contribution in [0.5, 0.6) is 5.75 Å². The zero-order valence-electron chi connectivity index (χ0n) is 19.1. The van der Waals surface area contributed by atoms with Gasteiger partial charge in [0.2, 0.25) is 5.91 Å². The lowest BCUT2D eigenvalue weighted by Crippen LogP contribution is -2.47. The van der Waals surface area contributed by atoms with Crippen LogP contribution in [0.15, 0.2) is 29.4 Å². The van der Waals surface area contributed by atoms with Gasteiger partial charge in [0.05, 0.1) is 5.75 Å². The third-order valence-corrected chi connectivity index (χ3v) is 8.98. The number of nitrogens with one attached hydrogen (secondary N) is 1. The van der Waals surface area contributed by atoms with Crippen LogP contribution in [-0.4, -0.2) is 33.0 Å². The van der Waals surface area contributed by atoms with E-state index in [-0.39, 0.29) is 17.4 Å². The van der Waals surface area contributed by atoms with Crippen molar-refractivity contribution in [3.05, 3.63) is 30.1 Å². The van der Waals surface area contributed by atoms with Gasteiger partial charge in [-0.3, -0.25) is 4.79 Å². The second-order valence-electron chi connectivity index (χ2n) is 10.8. The van der Waals surface area contributed by atoms with Gasteiger partial charge in [0.1, 0.15) is 11.6 Å². The lowest BCUT2D eigenvalue weighted by molar-refractivity contribution is -0.113. The zero-order chi connectivity index (χ0) is 23.3. The summed E-state index contributed by atoms with van der Waals surface area (Å²) in [5.74, 6) is 3.97. The first-order chi connectivity index (χ1) is 16.4. The largest absolute Gasteiger partial charge is 0.435 e. The number of anilines is 1. The minimum absolute atomic E-state index is 0.0615. The number of rotatable bonds is 9. The van der Waals surface area contributed by atoms with Crippen LogP contribution in [-0.2, 0) is 11.2 Å². The van der Waals surface area contributed by atoms with E-state index in [0.717, 1.165) is 48.0 Å². The molecule has 34 heavy (non-hydrogen) atoms. The van der Waals surface area contributed by atoms with Gasteiger partial charge in [-0.05, 0) is 98.8 Å². The molecule has 0 atom stereocenters. The molecule has 0 spiro atoms. The highest BCUT2D eigenvalue weighted by Gasteiger charge is 2.51. The van der Waals surface area contributed by atoms with Gasteiger partial charge in [-0.1, -0.05) is 11.8 Å². The molecule has 1 amide bonds. The molecule has 5 aliphatic carbocycles. The van der Waals surface area contributed by atoms with Crippen molar-refractivity contribution >= 4 is 23.4 Å². The van der Waals surface area contributed by atoms with Gasteiger partial charge in [0.25, 0.3) is 0 Å². The number of aromatic nitrogens is 3. The highest BCUT2D eigenvalue weighted by Crippen LogP contribution is 2.61. The summed E-state index contributed by atoms with van der Waals surface area (Å²) in [6.45, 7) is -2.87. The molecule has 182 valence electrons. The van der Waals surface area contributed by atoms with E-state index in [1.807, 2.05) is 0 Å². The zero-order valence-corrected chi connectivity index (χ0v) is 19.9. The van der Waals surface area contributed by atoms with Crippen molar-refractivity contribution in [3.8, 4) is 5.75 Å². The molecule has 1 aromatic carbocycles. The summed E-state index contributed by atoms with van der Waals surface area (Å²) in [5.41, 5.74) is 0.951. The molecule has 1 aromatic heterocycles. The number of hydrogen-bond donors (Lipinski definition) is 1. The average Bonchev–Trinajstić information content (AvgIpc) is 3.53. The van der Waals surface area contributed by atoms with Crippen molar-refractivity contribution < 1.29 is 18.3 Å². The monoisotopic (exact) mass is 488 g/mol. The highest BCUT2D eigenvalue weighted by atomic mass is 32.2. The number of amides is 1. The van der Waals surface area contributed by atoms with Crippen LogP contribution in [0.25, 0.3) is 0 Å². The fourth-order valence-electron chi connectivity index (χ4n) is 7.11. The summed E-state index contributed by atoms with van der Waals surface area (Å²) >= 11 is 1.42. The molecule has 9 heteroatoms. The maximum Gasteiger partial charge on any atom is 0.387 e. The third-order valence-electron chi connectivity index (χ3n) is 8.04. The minimum Gasteiger partial charge on any atom is -0.435 e. The number of halogens is 2. The molecule has 2 aromatic rings. The maximum atomic E-state index is 12.5. The Morgan fingerprint density at radius 2 is 1.74 bits per heavy atom. The molecule has 0 radical (unpaired) electrons. The summed E-state index contributed by atoms with van der Waals surface area (Å²) in [6.07, 6.45) is 11.7. The quantitative estimate of drug-likeness (QED) is 0.458. The number of ether oxygens (including phenoxy) is 1. The Balaban J connectivity index is 1.09. The van der Waals surface area contributed by atoms with Crippen molar-refractivity contribution in [2.24, 2.45) is 23.2 Å². The molecular weight excluding hydrogens is 458 g/mol. The van der Waals surface area contributed by atoms with Crippen LogP contribution in [0.4, 0.5) is 14.5 Å². The van der Waals surface area contributed by atoms with Crippen LogP contribution in [0.3, 0.4) is 0 Å². The summed E-state index contributed by atoms with van der Waals surface area (Å²) < 4.78 is 31.2. The van der Waals surface area contributed by atoms with Gasteiger partial charge < -0.3 is 14.6 Å². The predicted octanol–water partition coefficient (Wildman–Crippen LogP) is 5.70. The minimum atomic E-state index is -2.87. The van der Waals surface area contributed by atoms with Gasteiger partial charge in [0.15, 0.2) is 5.16 Å². The van der Waals surface area contributed by atoms with Crippen molar-refractivity contribution in [1.29, 1.82) is 0 Å². The van der Waals surface area contributed by atoms with E-state index in [9.17, 15) is 13.6 Å². The lowest BCUT2D eigenvalue weighted by Gasteiger charge is -2.56. The number of carbonyl (C=O) groups excluding carboxylic acids is 1. The Bertz CT molecular complexity index is 1020. The van der Waals surface area contributed by atoms with Gasteiger partial charge in [-0.25, -0.2) is 0 Å². The van der Waals surface area contributed by atoms with Gasteiger partial charge in [0, 0.05) is 18.2 Å². The highest BCUT2D eigenvalue weighted by molar-refractivity contribution is 7.99. The van der Waals surface area contributed by atoms with Crippen LogP contribution in [0, 0.1) is 23.2 Å². The smallest absolute Gasteiger partial charge is 0.387 e. The molecule has 1 N–H and O–H groups in total. The van der Waals surface area contributed by atoms with E-state index in [4.69, 9.17) is 0 Å². The molecule has 0 unspecified atom stereocenters. The number of nitrogens with zero attached hydrogens (tertiary/aromatic N) is 3. The Kier molecular flexibility index (Phi) is 5.78. The van der Waals surface area contributed by atoms with Crippen molar-refractivity contribution in [2.75, 3.05) is 11.1 Å². The van der Waals surface area contributed by atoms with E-state index < -0.39 is 6.61 Å². The van der Waals surface area contributed by atoms with Crippen LogP contribution in [0.1, 0.15) is 63.2 Å². The van der Waals surface area contributed by atoms with Crippen molar-refractivity contribution in [1.82, 2.24) is 14.8 Å². The second kappa shape index (κ2) is 8.81. The molecule has 5 fully saturated rings. The van der Waals surface area contributed by atoms with E-state index in [2.05, 4.69) is 24.8 Å². The molecule has 0 saturated heterocycles. The Morgan fingerprint density at radius 3 is 2.32 bits per heavy atom. The standard InChI is InChI=1S/C25H30F2N4O2S/c26-23(27)33-20-5-1-18(2-6-20)28-22(32)14-34-24-30-29-21(31(24)19-3-4-19)13-25-10-15-7-16(11-25)9-17(8-15)12-25/h1-2,5-6,15-17,19,23H,3-4,7-14H2,(H,28,32). The summed E-state index contributed by atoms with van der Waals surface area (Å²) in [5, 5.41) is 12.8. The first-order valence-electron chi connectivity index (χ1n) is 12.4. The normalized spacial score (nSPS) is 29.6. The van der Waals surface area contributed by atoms with Crippen LogP contribution < -0.4 is 10.1 Å². The van der Waals surface area contributed by atoms with Gasteiger partial charge in [-0.2, -0.15) is 8.78 Å². The van der Waals surface area contributed by atoms with Crippen molar-refractivity contribution in [3.63, 3.8) is 0 Å². The van der Waals surface area contributed by atoms with Crippen molar-refractivity contribution in [2.45, 2.75) is 75.6 Å². The van der Waals surface area contributed by atoms with Gasteiger partial charge in [-0.15, -0.1) is 10.2 Å². The Hall–Kier alpha value is -2.16. The fraction of sp³-hybridized carbons (Fsp3) is 0.640. The summed E-state index contributed by atoms with van der Waals surface area (Å²) in [7, 11) is 0. The molecule has 0 aliphatic heterocycles.